The van der Waals surface area contributed by atoms with E-state index in [4.69, 9.17) is 0 Å². The average molecular weight is 323 g/mol. The lowest BCUT2D eigenvalue weighted by Crippen LogP contribution is -2.40. The number of nitrogens with zero attached hydrogens (tertiary/aromatic N) is 2. The van der Waals surface area contributed by atoms with Gasteiger partial charge >= 0.3 is 0 Å². The Bertz CT molecular complexity index is 687. The maximum atomic E-state index is 13.1. The van der Waals surface area contributed by atoms with Gasteiger partial charge in [0.2, 0.25) is 5.92 Å². The maximum absolute atomic E-state index is 13.1. The van der Waals surface area contributed by atoms with E-state index in [1.807, 2.05) is 0 Å². The van der Waals surface area contributed by atoms with Gasteiger partial charge in [-0.3, -0.25) is 4.79 Å². The summed E-state index contributed by atoms with van der Waals surface area (Å²) in [5.74, 6) is -3.31. The SMILES string of the molecule is O=C(NC1CCC(F)(F)CC1)c1cnn(-c2ccc(F)cc2)c1. The van der Waals surface area contributed by atoms with Gasteiger partial charge in [-0.2, -0.15) is 5.10 Å². The number of hydrogen-bond donors (Lipinski definition) is 1. The number of nitrogens with one attached hydrogen (secondary N) is 1. The number of carbonyl (C=O) groups excluding carboxylic acids is 1. The first-order chi connectivity index (χ1) is 10.9. The maximum Gasteiger partial charge on any atom is 0.254 e. The van der Waals surface area contributed by atoms with E-state index >= 15 is 0 Å². The van der Waals surface area contributed by atoms with Crippen LogP contribution in [0.4, 0.5) is 13.2 Å². The highest BCUT2D eigenvalue weighted by molar-refractivity contribution is 5.94. The Hall–Kier alpha value is -2.31. The molecule has 1 aliphatic rings. The smallest absolute Gasteiger partial charge is 0.254 e. The van der Waals surface area contributed by atoms with Crippen molar-refractivity contribution in [3.05, 3.63) is 48.0 Å². The van der Waals surface area contributed by atoms with Gasteiger partial charge in [-0.1, -0.05) is 0 Å². The first kappa shape index (κ1) is 15.6. The number of amides is 1. The number of benzene rings is 1. The van der Waals surface area contributed by atoms with Gasteiger partial charge in [-0.15, -0.1) is 0 Å². The molecule has 1 fully saturated rings. The van der Waals surface area contributed by atoms with Crippen molar-refractivity contribution in [2.45, 2.75) is 37.6 Å². The normalized spacial score (nSPS) is 17.9. The first-order valence-electron chi connectivity index (χ1n) is 7.42. The molecule has 122 valence electrons. The number of carbonyl (C=O) groups is 1. The van der Waals surface area contributed by atoms with Crippen LogP contribution in [0.5, 0.6) is 0 Å². The molecule has 1 N–H and O–H groups in total. The van der Waals surface area contributed by atoms with E-state index in [-0.39, 0.29) is 43.4 Å². The third kappa shape index (κ3) is 3.72. The molecule has 0 radical (unpaired) electrons. The molecule has 0 unspecified atom stereocenters. The monoisotopic (exact) mass is 323 g/mol. The molecule has 0 aliphatic heterocycles. The summed E-state index contributed by atoms with van der Waals surface area (Å²) in [6, 6.07) is 5.47. The summed E-state index contributed by atoms with van der Waals surface area (Å²) in [7, 11) is 0. The number of halogens is 3. The predicted octanol–water partition coefficient (Wildman–Crippen LogP) is 3.32. The van der Waals surface area contributed by atoms with Crippen LogP contribution in [0.15, 0.2) is 36.7 Å². The molecule has 4 nitrogen and oxygen atoms in total. The van der Waals surface area contributed by atoms with Crippen molar-refractivity contribution in [1.82, 2.24) is 15.1 Å². The second-order valence-corrected chi connectivity index (χ2v) is 5.75. The van der Waals surface area contributed by atoms with Gasteiger partial charge in [0.25, 0.3) is 5.91 Å². The predicted molar refractivity (Wildman–Crippen MR) is 78.2 cm³/mol. The molecule has 1 heterocycles. The molecule has 0 atom stereocenters. The molecule has 1 aromatic heterocycles. The highest BCUT2D eigenvalue weighted by Gasteiger charge is 2.35. The third-order valence-electron chi connectivity index (χ3n) is 3.99. The Kier molecular flexibility index (Phi) is 4.11. The quantitative estimate of drug-likeness (QED) is 0.942. The lowest BCUT2D eigenvalue weighted by molar-refractivity contribution is -0.0399. The zero-order valence-electron chi connectivity index (χ0n) is 12.3. The second-order valence-electron chi connectivity index (χ2n) is 5.75. The zero-order chi connectivity index (χ0) is 16.4. The fourth-order valence-corrected chi connectivity index (χ4v) is 2.63. The first-order valence-corrected chi connectivity index (χ1v) is 7.42. The van der Waals surface area contributed by atoms with E-state index in [2.05, 4.69) is 10.4 Å². The Balaban J connectivity index is 1.64. The molecule has 0 saturated heterocycles. The molecule has 0 bridgehead atoms. The second kappa shape index (κ2) is 6.06. The molecular formula is C16H16F3N3O. The van der Waals surface area contributed by atoms with Crippen molar-refractivity contribution in [3.8, 4) is 5.69 Å². The van der Waals surface area contributed by atoms with Crippen LogP contribution in [0, 0.1) is 5.82 Å². The van der Waals surface area contributed by atoms with Crippen molar-refractivity contribution in [3.63, 3.8) is 0 Å². The standard InChI is InChI=1S/C16H16F3N3O/c17-12-1-3-14(4-2-12)22-10-11(9-20-22)15(23)21-13-5-7-16(18,19)8-6-13/h1-4,9-10,13H,5-8H2,(H,21,23). The number of rotatable bonds is 3. The van der Waals surface area contributed by atoms with Crippen LogP contribution in [-0.4, -0.2) is 27.7 Å². The van der Waals surface area contributed by atoms with Gasteiger partial charge in [-0.25, -0.2) is 17.9 Å². The Morgan fingerprint density at radius 1 is 1.22 bits per heavy atom. The van der Waals surface area contributed by atoms with E-state index in [9.17, 15) is 18.0 Å². The van der Waals surface area contributed by atoms with Gasteiger partial charge in [0.1, 0.15) is 5.82 Å². The highest BCUT2D eigenvalue weighted by Crippen LogP contribution is 2.33. The van der Waals surface area contributed by atoms with Gasteiger partial charge < -0.3 is 5.32 Å². The largest absolute Gasteiger partial charge is 0.349 e. The number of alkyl halides is 2. The van der Waals surface area contributed by atoms with Crippen molar-refractivity contribution < 1.29 is 18.0 Å². The van der Waals surface area contributed by atoms with Crippen LogP contribution < -0.4 is 5.32 Å². The van der Waals surface area contributed by atoms with E-state index in [1.54, 1.807) is 12.1 Å². The summed E-state index contributed by atoms with van der Waals surface area (Å²) in [4.78, 5) is 12.2. The summed E-state index contributed by atoms with van der Waals surface area (Å²) >= 11 is 0. The minimum absolute atomic E-state index is 0.202. The van der Waals surface area contributed by atoms with Gasteiger partial charge in [0.15, 0.2) is 0 Å². The van der Waals surface area contributed by atoms with Crippen LogP contribution in [0.1, 0.15) is 36.0 Å². The van der Waals surface area contributed by atoms with Crippen molar-refractivity contribution in [2.24, 2.45) is 0 Å². The highest BCUT2D eigenvalue weighted by atomic mass is 19.3. The summed E-state index contributed by atoms with van der Waals surface area (Å²) < 4.78 is 40.6. The minimum atomic E-state index is -2.62. The Morgan fingerprint density at radius 2 is 1.87 bits per heavy atom. The van der Waals surface area contributed by atoms with E-state index < -0.39 is 5.92 Å². The molecule has 3 rings (SSSR count). The van der Waals surface area contributed by atoms with Gasteiger partial charge in [0, 0.05) is 25.1 Å². The van der Waals surface area contributed by atoms with Crippen molar-refractivity contribution in [1.29, 1.82) is 0 Å². The van der Waals surface area contributed by atoms with Crippen LogP contribution in [0.25, 0.3) is 5.69 Å². The van der Waals surface area contributed by atoms with Crippen LogP contribution in [-0.2, 0) is 0 Å². The van der Waals surface area contributed by atoms with Crippen LogP contribution >= 0.6 is 0 Å². The lowest BCUT2D eigenvalue weighted by atomic mass is 9.92. The lowest BCUT2D eigenvalue weighted by Gasteiger charge is -2.28. The molecule has 2 aromatic rings. The fourth-order valence-electron chi connectivity index (χ4n) is 2.63. The summed E-state index contributed by atoms with van der Waals surface area (Å²) in [5, 5.41) is 6.83. The van der Waals surface area contributed by atoms with Crippen molar-refractivity contribution in [2.75, 3.05) is 0 Å². The summed E-state index contributed by atoms with van der Waals surface area (Å²) in [6.45, 7) is 0. The Morgan fingerprint density at radius 3 is 2.52 bits per heavy atom. The van der Waals surface area contributed by atoms with Crippen LogP contribution in [0.2, 0.25) is 0 Å². The topological polar surface area (TPSA) is 46.9 Å². The molecule has 1 aromatic carbocycles. The molecular weight excluding hydrogens is 307 g/mol. The van der Waals surface area contributed by atoms with Crippen LogP contribution in [0.3, 0.4) is 0 Å². The molecule has 1 amide bonds. The molecule has 0 spiro atoms. The molecule has 1 aliphatic carbocycles. The summed E-state index contributed by atoms with van der Waals surface area (Å²) in [6.07, 6.45) is 3.06. The fraction of sp³-hybridized carbons (Fsp3) is 0.375. The number of hydrogen-bond acceptors (Lipinski definition) is 2. The van der Waals surface area contributed by atoms with Crippen molar-refractivity contribution >= 4 is 5.91 Å². The van der Waals surface area contributed by atoms with E-state index in [0.717, 1.165) is 0 Å². The zero-order valence-corrected chi connectivity index (χ0v) is 12.3. The molecule has 7 heteroatoms. The summed E-state index contributed by atoms with van der Waals surface area (Å²) in [5.41, 5.74) is 0.967. The van der Waals surface area contributed by atoms with E-state index in [0.29, 0.717) is 11.3 Å². The third-order valence-corrected chi connectivity index (χ3v) is 3.99. The number of aromatic nitrogens is 2. The minimum Gasteiger partial charge on any atom is -0.349 e. The Labute approximate surface area is 131 Å². The average Bonchev–Trinajstić information content (AvgIpc) is 3.00. The molecule has 23 heavy (non-hydrogen) atoms. The van der Waals surface area contributed by atoms with E-state index in [1.165, 1.54) is 29.2 Å². The van der Waals surface area contributed by atoms with Gasteiger partial charge in [0.05, 0.1) is 17.4 Å². The molecule has 1 saturated carbocycles. The van der Waals surface area contributed by atoms with Gasteiger partial charge in [-0.05, 0) is 37.1 Å².